The molecule has 8 heteroatoms. The first kappa shape index (κ1) is 18.9. The van der Waals surface area contributed by atoms with Crippen molar-refractivity contribution in [3.8, 4) is 0 Å². The first-order valence-electron chi connectivity index (χ1n) is 9.89. The van der Waals surface area contributed by atoms with Gasteiger partial charge in [-0.25, -0.2) is 14.8 Å². The van der Waals surface area contributed by atoms with E-state index in [9.17, 15) is 9.59 Å². The molecule has 2 heterocycles. The van der Waals surface area contributed by atoms with Crippen molar-refractivity contribution in [2.45, 2.75) is 38.6 Å². The van der Waals surface area contributed by atoms with Gasteiger partial charge in [-0.2, -0.15) is 0 Å². The number of benzene rings is 1. The van der Waals surface area contributed by atoms with E-state index in [2.05, 4.69) is 25.2 Å². The Balaban J connectivity index is 1.73. The zero-order valence-electron chi connectivity index (χ0n) is 16.3. The molecule has 0 spiro atoms. The third-order valence-corrected chi connectivity index (χ3v) is 5.32. The molecule has 4 N–H and O–H groups in total. The van der Waals surface area contributed by atoms with Crippen LogP contribution in [-0.4, -0.2) is 32.9 Å². The highest BCUT2D eigenvalue weighted by Crippen LogP contribution is 2.35. The molecule has 0 aliphatic heterocycles. The maximum Gasteiger partial charge on any atom is 0.319 e. The number of nitrogens with one attached hydrogen (secondary N) is 2. The summed E-state index contributed by atoms with van der Waals surface area (Å²) in [5.41, 5.74) is 8.33. The van der Waals surface area contributed by atoms with Crippen molar-refractivity contribution in [3.63, 3.8) is 0 Å². The largest absolute Gasteiger partial charge is 0.383 e. The van der Waals surface area contributed by atoms with Gasteiger partial charge in [-0.15, -0.1) is 0 Å². The molecule has 0 radical (unpaired) electrons. The summed E-state index contributed by atoms with van der Waals surface area (Å²) in [7, 11) is 0. The number of urea groups is 1. The zero-order valence-corrected chi connectivity index (χ0v) is 16.3. The maximum absolute atomic E-state index is 13.4. The first-order valence-corrected chi connectivity index (χ1v) is 9.89. The molecule has 4 rings (SSSR count). The summed E-state index contributed by atoms with van der Waals surface area (Å²) in [6.45, 7) is 2.36. The predicted octanol–water partition coefficient (Wildman–Crippen LogP) is 3.50. The van der Waals surface area contributed by atoms with Gasteiger partial charge in [-0.05, 0) is 31.9 Å². The van der Waals surface area contributed by atoms with Crippen LogP contribution < -0.4 is 16.4 Å². The summed E-state index contributed by atoms with van der Waals surface area (Å²) in [6.07, 6.45) is 7.76. The van der Waals surface area contributed by atoms with Gasteiger partial charge >= 0.3 is 6.03 Å². The lowest BCUT2D eigenvalue weighted by Crippen LogP contribution is -2.28. The number of hydrogen-bond donors (Lipinski definition) is 3. The van der Waals surface area contributed by atoms with E-state index in [0.29, 0.717) is 46.3 Å². The van der Waals surface area contributed by atoms with Gasteiger partial charge in [-0.3, -0.25) is 4.79 Å². The Labute approximate surface area is 168 Å². The van der Waals surface area contributed by atoms with Gasteiger partial charge in [0.2, 0.25) is 0 Å². The summed E-state index contributed by atoms with van der Waals surface area (Å²) in [5, 5.41) is 5.99. The number of nitrogen functional groups attached to an aromatic ring is 1. The number of amides is 2. The summed E-state index contributed by atoms with van der Waals surface area (Å²) in [4.78, 5) is 33.7. The molecule has 0 atom stereocenters. The van der Waals surface area contributed by atoms with Gasteiger partial charge in [0.25, 0.3) is 0 Å². The van der Waals surface area contributed by atoms with E-state index >= 15 is 0 Å². The van der Waals surface area contributed by atoms with Crippen LogP contribution in [0.5, 0.6) is 0 Å². The number of hydrogen-bond acceptors (Lipinski definition) is 5. The molecule has 0 unspecified atom stereocenters. The number of fused-ring (bicyclic) bond motifs is 1. The Bertz CT molecular complexity index is 1070. The summed E-state index contributed by atoms with van der Waals surface area (Å²) in [5.74, 6) is 0.125. The van der Waals surface area contributed by atoms with Crippen LogP contribution in [0, 0.1) is 0 Å². The monoisotopic (exact) mass is 392 g/mol. The molecule has 150 valence electrons. The fraction of sp³-hybridized carbons (Fsp3) is 0.333. The minimum Gasteiger partial charge on any atom is -0.383 e. The molecule has 29 heavy (non-hydrogen) atoms. The molecular formula is C21H24N6O2. The molecule has 2 aromatic heterocycles. The zero-order chi connectivity index (χ0) is 20.4. The SMILES string of the molecule is CCNC(=O)Nc1cccc(C(=O)c2cn(C3CCCC3)c3ncnc(N)c23)c1. The number of nitrogens with zero attached hydrogens (tertiary/aromatic N) is 3. The Hall–Kier alpha value is -3.42. The van der Waals surface area contributed by atoms with E-state index in [1.165, 1.54) is 19.2 Å². The second kappa shape index (κ2) is 7.90. The minimum atomic E-state index is -0.312. The number of aromatic nitrogens is 3. The van der Waals surface area contributed by atoms with Crippen LogP contribution in [0.2, 0.25) is 0 Å². The van der Waals surface area contributed by atoms with Gasteiger partial charge in [0, 0.05) is 30.0 Å². The van der Waals surface area contributed by atoms with Crippen molar-refractivity contribution in [3.05, 3.63) is 47.9 Å². The summed E-state index contributed by atoms with van der Waals surface area (Å²) in [6, 6.07) is 6.88. The number of ketones is 1. The predicted molar refractivity (Wildman–Crippen MR) is 112 cm³/mol. The maximum atomic E-state index is 13.4. The topological polar surface area (TPSA) is 115 Å². The fourth-order valence-electron chi connectivity index (χ4n) is 3.97. The smallest absolute Gasteiger partial charge is 0.319 e. The van der Waals surface area contributed by atoms with Gasteiger partial charge in [-0.1, -0.05) is 25.0 Å². The number of anilines is 2. The van der Waals surface area contributed by atoms with E-state index in [1.54, 1.807) is 24.3 Å². The van der Waals surface area contributed by atoms with Gasteiger partial charge in [0.1, 0.15) is 17.8 Å². The van der Waals surface area contributed by atoms with Crippen molar-refractivity contribution >= 4 is 34.4 Å². The van der Waals surface area contributed by atoms with Crippen LogP contribution in [-0.2, 0) is 0 Å². The standard InChI is InChI=1S/C21H24N6O2/c1-2-23-21(29)26-14-7-5-6-13(10-14)18(28)16-11-27(15-8-3-4-9-15)20-17(16)19(22)24-12-25-20/h5-7,10-12,15H,2-4,8-9H2,1H3,(H2,22,24,25)(H2,23,26,29). The van der Waals surface area contributed by atoms with Crippen molar-refractivity contribution in [2.24, 2.45) is 0 Å². The van der Waals surface area contributed by atoms with E-state index in [4.69, 9.17) is 5.73 Å². The Morgan fingerprint density at radius 2 is 2.03 bits per heavy atom. The number of carbonyl (C=O) groups is 2. The van der Waals surface area contributed by atoms with E-state index in [0.717, 1.165) is 12.8 Å². The van der Waals surface area contributed by atoms with Crippen molar-refractivity contribution in [2.75, 3.05) is 17.6 Å². The van der Waals surface area contributed by atoms with Crippen molar-refractivity contribution < 1.29 is 9.59 Å². The summed E-state index contributed by atoms with van der Waals surface area (Å²) < 4.78 is 2.07. The highest BCUT2D eigenvalue weighted by atomic mass is 16.2. The quantitative estimate of drug-likeness (QED) is 0.575. The number of carbonyl (C=O) groups excluding carboxylic acids is 2. The van der Waals surface area contributed by atoms with Crippen LogP contribution in [0.3, 0.4) is 0 Å². The molecule has 0 saturated heterocycles. The van der Waals surface area contributed by atoms with Crippen LogP contribution in [0.15, 0.2) is 36.8 Å². The number of nitrogens with two attached hydrogens (primary N) is 1. The third-order valence-electron chi connectivity index (χ3n) is 5.32. The van der Waals surface area contributed by atoms with E-state index < -0.39 is 0 Å². The number of rotatable bonds is 5. The average molecular weight is 392 g/mol. The van der Waals surface area contributed by atoms with E-state index in [1.807, 2.05) is 13.1 Å². The molecule has 8 nitrogen and oxygen atoms in total. The molecular weight excluding hydrogens is 368 g/mol. The van der Waals surface area contributed by atoms with Crippen molar-refractivity contribution in [1.29, 1.82) is 0 Å². The van der Waals surface area contributed by atoms with Crippen LogP contribution >= 0.6 is 0 Å². The lowest BCUT2D eigenvalue weighted by molar-refractivity contribution is 0.104. The first-order chi connectivity index (χ1) is 14.1. The van der Waals surface area contributed by atoms with Gasteiger partial charge in [0.05, 0.1) is 10.9 Å². The Morgan fingerprint density at radius 1 is 1.24 bits per heavy atom. The van der Waals surface area contributed by atoms with E-state index in [-0.39, 0.29) is 11.8 Å². The Morgan fingerprint density at radius 3 is 2.79 bits per heavy atom. The molecule has 2 amide bonds. The van der Waals surface area contributed by atoms with Gasteiger partial charge < -0.3 is 20.9 Å². The lowest BCUT2D eigenvalue weighted by atomic mass is 10.0. The second-order valence-corrected chi connectivity index (χ2v) is 7.24. The molecule has 3 aromatic rings. The Kier molecular flexibility index (Phi) is 5.16. The highest BCUT2D eigenvalue weighted by molar-refractivity contribution is 6.18. The lowest BCUT2D eigenvalue weighted by Gasteiger charge is -2.12. The molecule has 1 aliphatic carbocycles. The summed E-state index contributed by atoms with van der Waals surface area (Å²) >= 11 is 0. The van der Waals surface area contributed by atoms with Crippen LogP contribution in [0.25, 0.3) is 11.0 Å². The van der Waals surface area contributed by atoms with Crippen LogP contribution in [0.1, 0.15) is 54.6 Å². The third kappa shape index (κ3) is 3.65. The molecule has 1 fully saturated rings. The average Bonchev–Trinajstić information content (AvgIpc) is 3.36. The molecule has 0 bridgehead atoms. The normalized spacial score (nSPS) is 14.2. The molecule has 1 aromatic carbocycles. The van der Waals surface area contributed by atoms with Crippen LogP contribution in [0.4, 0.5) is 16.3 Å². The second-order valence-electron chi connectivity index (χ2n) is 7.24. The van der Waals surface area contributed by atoms with Crippen molar-refractivity contribution in [1.82, 2.24) is 19.9 Å². The molecule has 1 aliphatic rings. The molecule has 1 saturated carbocycles. The van der Waals surface area contributed by atoms with Gasteiger partial charge in [0.15, 0.2) is 5.78 Å². The highest BCUT2D eigenvalue weighted by Gasteiger charge is 2.25. The fourth-order valence-corrected chi connectivity index (χ4v) is 3.97. The minimum absolute atomic E-state index is 0.173.